The topological polar surface area (TPSA) is 35.2 Å². The monoisotopic (exact) mass is 197 g/mol. The largest absolute Gasteiger partial charge is 0.380 e. The second kappa shape index (κ2) is 3.78. The van der Waals surface area contributed by atoms with E-state index in [1.807, 2.05) is 0 Å². The lowest BCUT2D eigenvalue weighted by atomic mass is 9.89. The van der Waals surface area contributed by atoms with Crippen LogP contribution in [0.5, 0.6) is 0 Å². The third-order valence-corrected chi connectivity index (χ3v) is 3.34. The highest BCUT2D eigenvalue weighted by Gasteiger charge is 2.28. The third-order valence-electron chi connectivity index (χ3n) is 2.46. The average molecular weight is 197 g/mol. The normalized spacial score (nSPS) is 29.0. The van der Waals surface area contributed by atoms with E-state index in [2.05, 4.69) is 17.5 Å². The van der Waals surface area contributed by atoms with Gasteiger partial charge in [0, 0.05) is 23.4 Å². The summed E-state index contributed by atoms with van der Waals surface area (Å²) in [6.45, 7) is 1.59. The number of thiophene rings is 1. The first-order chi connectivity index (χ1) is 6.29. The van der Waals surface area contributed by atoms with Crippen LogP contribution in [0.15, 0.2) is 17.5 Å². The molecule has 72 valence electrons. The molecule has 2 N–H and O–H groups in total. The van der Waals surface area contributed by atoms with Crippen LogP contribution in [-0.2, 0) is 11.2 Å². The van der Waals surface area contributed by atoms with Crippen molar-refractivity contribution in [1.29, 1.82) is 0 Å². The zero-order valence-corrected chi connectivity index (χ0v) is 8.48. The molecule has 0 aliphatic carbocycles. The molecular weight excluding hydrogens is 182 g/mol. The molecule has 1 atom stereocenters. The van der Waals surface area contributed by atoms with Gasteiger partial charge in [0.2, 0.25) is 0 Å². The van der Waals surface area contributed by atoms with E-state index in [-0.39, 0.29) is 5.54 Å². The fourth-order valence-electron chi connectivity index (χ4n) is 1.77. The first-order valence-electron chi connectivity index (χ1n) is 4.68. The second-order valence-electron chi connectivity index (χ2n) is 3.77. The first kappa shape index (κ1) is 9.19. The maximum absolute atomic E-state index is 6.23. The number of hydrogen-bond donors (Lipinski definition) is 1. The molecule has 0 radical (unpaired) electrons. The van der Waals surface area contributed by atoms with Gasteiger partial charge in [-0.25, -0.2) is 0 Å². The lowest BCUT2D eigenvalue weighted by molar-refractivity contribution is 0.0385. The smallest absolute Gasteiger partial charge is 0.0649 e. The van der Waals surface area contributed by atoms with Crippen molar-refractivity contribution in [1.82, 2.24) is 0 Å². The molecule has 1 aromatic heterocycles. The number of nitrogens with two attached hydrogens (primary N) is 1. The molecule has 1 aliphatic heterocycles. The van der Waals surface area contributed by atoms with Crippen LogP contribution in [0.25, 0.3) is 0 Å². The quantitative estimate of drug-likeness (QED) is 0.784. The van der Waals surface area contributed by atoms with Crippen molar-refractivity contribution in [2.75, 3.05) is 13.2 Å². The fourth-order valence-corrected chi connectivity index (χ4v) is 2.63. The van der Waals surface area contributed by atoms with Gasteiger partial charge < -0.3 is 10.5 Å². The van der Waals surface area contributed by atoms with Crippen molar-refractivity contribution >= 4 is 11.3 Å². The highest BCUT2D eigenvalue weighted by Crippen LogP contribution is 2.23. The Morgan fingerprint density at radius 2 is 2.54 bits per heavy atom. The van der Waals surface area contributed by atoms with Gasteiger partial charge in [0.05, 0.1) is 6.61 Å². The molecular formula is C10H15NOS. The molecule has 0 aromatic carbocycles. The van der Waals surface area contributed by atoms with Crippen molar-refractivity contribution < 1.29 is 4.74 Å². The predicted molar refractivity (Wildman–Crippen MR) is 55.0 cm³/mol. The molecule has 0 saturated carbocycles. The Bertz CT molecular complexity index is 252. The Morgan fingerprint density at radius 1 is 1.62 bits per heavy atom. The molecule has 2 heterocycles. The van der Waals surface area contributed by atoms with Gasteiger partial charge in [-0.15, -0.1) is 11.3 Å². The Kier molecular flexibility index (Phi) is 2.67. The molecule has 2 nitrogen and oxygen atoms in total. The summed E-state index contributed by atoms with van der Waals surface area (Å²) in [4.78, 5) is 1.37. The van der Waals surface area contributed by atoms with E-state index in [1.54, 1.807) is 11.3 Å². The summed E-state index contributed by atoms with van der Waals surface area (Å²) >= 11 is 1.78. The predicted octanol–water partition coefficient (Wildman–Crippen LogP) is 1.80. The van der Waals surface area contributed by atoms with Crippen LogP contribution < -0.4 is 5.73 Å². The van der Waals surface area contributed by atoms with E-state index in [4.69, 9.17) is 10.5 Å². The summed E-state index contributed by atoms with van der Waals surface area (Å²) in [7, 11) is 0. The van der Waals surface area contributed by atoms with Crippen LogP contribution in [0.2, 0.25) is 0 Å². The van der Waals surface area contributed by atoms with E-state index in [9.17, 15) is 0 Å². The Morgan fingerprint density at radius 3 is 3.15 bits per heavy atom. The van der Waals surface area contributed by atoms with Crippen LogP contribution in [0.3, 0.4) is 0 Å². The van der Waals surface area contributed by atoms with Crippen molar-refractivity contribution in [2.45, 2.75) is 24.8 Å². The zero-order chi connectivity index (χ0) is 9.15. The molecule has 0 spiro atoms. The third kappa shape index (κ3) is 2.30. The first-order valence-corrected chi connectivity index (χ1v) is 5.56. The van der Waals surface area contributed by atoms with E-state index in [1.165, 1.54) is 4.88 Å². The molecule has 0 bridgehead atoms. The van der Waals surface area contributed by atoms with Crippen molar-refractivity contribution in [3.8, 4) is 0 Å². The Labute approximate surface area is 82.7 Å². The van der Waals surface area contributed by atoms with E-state index < -0.39 is 0 Å². The second-order valence-corrected chi connectivity index (χ2v) is 4.81. The maximum Gasteiger partial charge on any atom is 0.0649 e. The molecule has 1 saturated heterocycles. The van der Waals surface area contributed by atoms with Crippen LogP contribution in [0.1, 0.15) is 17.7 Å². The Balaban J connectivity index is 1.99. The van der Waals surface area contributed by atoms with Crippen molar-refractivity contribution in [3.05, 3.63) is 22.4 Å². The maximum atomic E-state index is 6.23. The molecule has 0 amide bonds. The molecule has 2 rings (SSSR count). The lowest BCUT2D eigenvalue weighted by Gasteiger charge is -2.32. The SMILES string of the molecule is NC1(Cc2cccs2)CCCOC1. The minimum absolute atomic E-state index is 0.108. The highest BCUT2D eigenvalue weighted by atomic mass is 32.1. The van der Waals surface area contributed by atoms with Gasteiger partial charge in [-0.05, 0) is 24.3 Å². The zero-order valence-electron chi connectivity index (χ0n) is 7.66. The van der Waals surface area contributed by atoms with Gasteiger partial charge in [-0.3, -0.25) is 0 Å². The molecule has 1 unspecified atom stereocenters. The summed E-state index contributed by atoms with van der Waals surface area (Å²) in [6.07, 6.45) is 3.15. The van der Waals surface area contributed by atoms with E-state index in [0.29, 0.717) is 6.61 Å². The van der Waals surface area contributed by atoms with Gasteiger partial charge in [-0.2, -0.15) is 0 Å². The minimum Gasteiger partial charge on any atom is -0.380 e. The van der Waals surface area contributed by atoms with Crippen molar-refractivity contribution in [2.24, 2.45) is 5.73 Å². The van der Waals surface area contributed by atoms with Crippen LogP contribution in [-0.4, -0.2) is 18.8 Å². The van der Waals surface area contributed by atoms with Gasteiger partial charge in [0.25, 0.3) is 0 Å². The van der Waals surface area contributed by atoms with Gasteiger partial charge in [-0.1, -0.05) is 6.07 Å². The van der Waals surface area contributed by atoms with Crippen LogP contribution in [0.4, 0.5) is 0 Å². The molecule has 13 heavy (non-hydrogen) atoms. The summed E-state index contributed by atoms with van der Waals surface area (Å²) < 4.78 is 5.41. The molecule has 1 fully saturated rings. The van der Waals surface area contributed by atoms with Crippen molar-refractivity contribution in [3.63, 3.8) is 0 Å². The van der Waals surface area contributed by atoms with Crippen LogP contribution >= 0.6 is 11.3 Å². The molecule has 3 heteroatoms. The van der Waals surface area contributed by atoms with E-state index in [0.717, 1.165) is 25.9 Å². The fraction of sp³-hybridized carbons (Fsp3) is 0.600. The summed E-state index contributed by atoms with van der Waals surface area (Å²) in [5, 5.41) is 2.10. The minimum atomic E-state index is -0.108. The van der Waals surface area contributed by atoms with Gasteiger partial charge >= 0.3 is 0 Å². The highest BCUT2D eigenvalue weighted by molar-refractivity contribution is 7.09. The number of ether oxygens (including phenoxy) is 1. The lowest BCUT2D eigenvalue weighted by Crippen LogP contribution is -2.49. The van der Waals surface area contributed by atoms with Gasteiger partial charge in [0.15, 0.2) is 0 Å². The standard InChI is InChI=1S/C10H15NOS/c11-10(4-2-5-12-8-10)7-9-3-1-6-13-9/h1,3,6H,2,4-5,7-8,11H2. The summed E-state index contributed by atoms with van der Waals surface area (Å²) in [6, 6.07) is 4.22. The number of hydrogen-bond acceptors (Lipinski definition) is 3. The molecule has 1 aromatic rings. The van der Waals surface area contributed by atoms with Gasteiger partial charge in [0.1, 0.15) is 0 Å². The average Bonchev–Trinajstić information content (AvgIpc) is 2.57. The Hall–Kier alpha value is -0.380. The summed E-state index contributed by atoms with van der Waals surface area (Å²) in [5.74, 6) is 0. The van der Waals surface area contributed by atoms with E-state index >= 15 is 0 Å². The number of rotatable bonds is 2. The molecule has 1 aliphatic rings. The summed E-state index contributed by atoms with van der Waals surface area (Å²) in [5.41, 5.74) is 6.12. The van der Waals surface area contributed by atoms with Crippen LogP contribution in [0, 0.1) is 0 Å².